The van der Waals surface area contributed by atoms with Gasteiger partial charge in [-0.05, 0) is 24.0 Å². The molecule has 1 aliphatic rings. The third-order valence-electron chi connectivity index (χ3n) is 2.30. The first-order chi connectivity index (χ1) is 7.70. The predicted molar refractivity (Wildman–Crippen MR) is 66.9 cm³/mol. The van der Waals surface area contributed by atoms with Gasteiger partial charge in [0.05, 0.1) is 5.69 Å². The van der Waals surface area contributed by atoms with Gasteiger partial charge in [-0.2, -0.15) is 11.8 Å². The molecule has 2 rings (SSSR count). The van der Waals surface area contributed by atoms with Crippen molar-refractivity contribution >= 4 is 29.0 Å². The minimum atomic E-state index is -0.402. The zero-order valence-corrected chi connectivity index (χ0v) is 9.84. The lowest BCUT2D eigenvalue weighted by Crippen LogP contribution is -2.38. The molecule has 86 valence electrons. The summed E-state index contributed by atoms with van der Waals surface area (Å²) in [6.07, 6.45) is -0.402. The first kappa shape index (κ1) is 11.1. The Bertz CT molecular complexity index is 409. The molecule has 16 heavy (non-hydrogen) atoms. The summed E-state index contributed by atoms with van der Waals surface area (Å²) in [7, 11) is 0. The van der Waals surface area contributed by atoms with Gasteiger partial charge in [-0.25, -0.2) is 0 Å². The lowest BCUT2D eigenvalue weighted by atomic mass is 10.2. The number of fused-ring (bicyclic) bond motifs is 1. The third-order valence-corrected chi connectivity index (χ3v) is 3.24. The molecule has 1 amide bonds. The van der Waals surface area contributed by atoms with Crippen LogP contribution >= 0.6 is 11.8 Å². The molecule has 3 N–H and O–H groups in total. The van der Waals surface area contributed by atoms with Crippen LogP contribution in [0.25, 0.3) is 0 Å². The molecular formula is C11H14N2O2S. The summed E-state index contributed by atoms with van der Waals surface area (Å²) in [4.78, 5) is 11.7. The lowest BCUT2D eigenvalue weighted by Gasteiger charge is -2.25. The predicted octanol–water partition coefficient (Wildman–Crippen LogP) is 1.72. The van der Waals surface area contributed by atoms with Gasteiger partial charge in [0.1, 0.15) is 5.75 Å². The van der Waals surface area contributed by atoms with E-state index in [1.165, 1.54) is 0 Å². The van der Waals surface area contributed by atoms with Gasteiger partial charge in [0.25, 0.3) is 5.91 Å². The van der Waals surface area contributed by atoms with E-state index in [1.807, 2.05) is 0 Å². The number of carbonyl (C=O) groups excluding carboxylic acids is 1. The summed E-state index contributed by atoms with van der Waals surface area (Å²) in [5.41, 5.74) is 6.90. The lowest BCUT2D eigenvalue weighted by molar-refractivity contribution is -0.122. The van der Waals surface area contributed by atoms with Gasteiger partial charge in [-0.1, -0.05) is 6.92 Å². The number of amides is 1. The van der Waals surface area contributed by atoms with Gasteiger partial charge in [-0.15, -0.1) is 0 Å². The minimum Gasteiger partial charge on any atom is -0.478 e. The first-order valence-electron chi connectivity index (χ1n) is 5.15. The van der Waals surface area contributed by atoms with Crippen molar-refractivity contribution in [3.63, 3.8) is 0 Å². The Morgan fingerprint density at radius 3 is 3.12 bits per heavy atom. The van der Waals surface area contributed by atoms with Crippen LogP contribution in [0.3, 0.4) is 0 Å². The molecule has 1 aromatic carbocycles. The maximum Gasteiger partial charge on any atom is 0.266 e. The third kappa shape index (κ3) is 2.24. The van der Waals surface area contributed by atoms with E-state index in [2.05, 4.69) is 12.2 Å². The highest BCUT2D eigenvalue weighted by Crippen LogP contribution is 2.31. The Hall–Kier alpha value is -1.36. The Balaban J connectivity index is 2.15. The summed E-state index contributed by atoms with van der Waals surface area (Å²) in [6, 6.07) is 5.25. The van der Waals surface area contributed by atoms with Gasteiger partial charge in [0.2, 0.25) is 0 Å². The molecule has 0 radical (unpaired) electrons. The minimum absolute atomic E-state index is 0.0981. The standard InChI is InChI=1S/C11H14N2O2S/c1-2-16-6-10-11(14)13-8-5-7(12)3-4-9(8)15-10/h3-5,10H,2,6,12H2,1H3,(H,13,14). The van der Waals surface area contributed by atoms with Crippen molar-refractivity contribution < 1.29 is 9.53 Å². The Morgan fingerprint density at radius 1 is 1.56 bits per heavy atom. The Morgan fingerprint density at radius 2 is 2.38 bits per heavy atom. The molecule has 0 aromatic heterocycles. The van der Waals surface area contributed by atoms with E-state index in [4.69, 9.17) is 10.5 Å². The van der Waals surface area contributed by atoms with E-state index in [-0.39, 0.29) is 5.91 Å². The second kappa shape index (κ2) is 4.65. The van der Waals surface area contributed by atoms with E-state index >= 15 is 0 Å². The highest BCUT2D eigenvalue weighted by molar-refractivity contribution is 7.99. The Labute approximate surface area is 98.5 Å². The average molecular weight is 238 g/mol. The van der Waals surface area contributed by atoms with Crippen LogP contribution < -0.4 is 15.8 Å². The summed E-state index contributed by atoms with van der Waals surface area (Å²) < 4.78 is 5.61. The van der Waals surface area contributed by atoms with Crippen molar-refractivity contribution in [1.82, 2.24) is 0 Å². The highest BCUT2D eigenvalue weighted by Gasteiger charge is 2.27. The topological polar surface area (TPSA) is 64.3 Å². The number of ether oxygens (including phenoxy) is 1. The van der Waals surface area contributed by atoms with Gasteiger partial charge in [-0.3, -0.25) is 4.79 Å². The molecule has 0 fully saturated rings. The fourth-order valence-electron chi connectivity index (χ4n) is 1.50. The van der Waals surface area contributed by atoms with Gasteiger partial charge >= 0.3 is 0 Å². The second-order valence-corrected chi connectivity index (χ2v) is 4.83. The molecular weight excluding hydrogens is 224 g/mol. The summed E-state index contributed by atoms with van der Waals surface area (Å²) in [6.45, 7) is 2.06. The second-order valence-electron chi connectivity index (χ2n) is 3.51. The number of hydrogen-bond acceptors (Lipinski definition) is 4. The maximum atomic E-state index is 11.7. The molecule has 0 saturated carbocycles. The molecule has 0 aliphatic carbocycles. The fraction of sp³-hybridized carbons (Fsp3) is 0.364. The monoisotopic (exact) mass is 238 g/mol. The number of hydrogen-bond donors (Lipinski definition) is 2. The smallest absolute Gasteiger partial charge is 0.266 e. The normalized spacial score (nSPS) is 18.6. The molecule has 1 aromatic rings. The molecule has 4 nitrogen and oxygen atoms in total. The molecule has 0 bridgehead atoms. The number of thioether (sulfide) groups is 1. The van der Waals surface area contributed by atoms with Gasteiger partial charge < -0.3 is 15.8 Å². The molecule has 0 spiro atoms. The van der Waals surface area contributed by atoms with Crippen molar-refractivity contribution in [3.05, 3.63) is 18.2 Å². The van der Waals surface area contributed by atoms with Crippen molar-refractivity contribution in [2.24, 2.45) is 0 Å². The average Bonchev–Trinajstić information content (AvgIpc) is 2.26. The van der Waals surface area contributed by atoms with Crippen molar-refractivity contribution in [2.75, 3.05) is 22.6 Å². The van der Waals surface area contributed by atoms with Crippen LogP contribution in [-0.4, -0.2) is 23.5 Å². The zero-order valence-electron chi connectivity index (χ0n) is 9.03. The number of rotatable bonds is 3. The number of carbonyl (C=O) groups is 1. The zero-order chi connectivity index (χ0) is 11.5. The van der Waals surface area contributed by atoms with Gasteiger partial charge in [0.15, 0.2) is 6.10 Å². The van der Waals surface area contributed by atoms with Crippen LogP contribution in [0, 0.1) is 0 Å². The molecule has 1 heterocycles. The largest absolute Gasteiger partial charge is 0.478 e. The fourth-order valence-corrected chi connectivity index (χ4v) is 2.17. The van der Waals surface area contributed by atoms with E-state index in [1.54, 1.807) is 30.0 Å². The van der Waals surface area contributed by atoms with Crippen LogP contribution in [0.2, 0.25) is 0 Å². The van der Waals surface area contributed by atoms with Crippen LogP contribution in [0.5, 0.6) is 5.75 Å². The summed E-state index contributed by atoms with van der Waals surface area (Å²) >= 11 is 1.69. The molecule has 0 saturated heterocycles. The molecule has 1 unspecified atom stereocenters. The quantitative estimate of drug-likeness (QED) is 0.787. The number of benzene rings is 1. The van der Waals surface area contributed by atoms with Crippen molar-refractivity contribution in [1.29, 1.82) is 0 Å². The van der Waals surface area contributed by atoms with Gasteiger partial charge in [0, 0.05) is 11.4 Å². The first-order valence-corrected chi connectivity index (χ1v) is 6.31. The summed E-state index contributed by atoms with van der Waals surface area (Å²) in [5.74, 6) is 2.24. The molecule has 1 aliphatic heterocycles. The van der Waals surface area contributed by atoms with Crippen molar-refractivity contribution in [3.8, 4) is 5.75 Å². The van der Waals surface area contributed by atoms with Crippen LogP contribution in [0.1, 0.15) is 6.92 Å². The molecule has 5 heteroatoms. The number of anilines is 2. The number of nitrogens with one attached hydrogen (secondary N) is 1. The van der Waals surface area contributed by atoms with Crippen LogP contribution in [0.15, 0.2) is 18.2 Å². The maximum absolute atomic E-state index is 11.7. The van der Waals surface area contributed by atoms with Crippen LogP contribution in [-0.2, 0) is 4.79 Å². The van der Waals surface area contributed by atoms with Crippen LogP contribution in [0.4, 0.5) is 11.4 Å². The van der Waals surface area contributed by atoms with E-state index in [0.717, 1.165) is 5.75 Å². The van der Waals surface area contributed by atoms with E-state index in [0.29, 0.717) is 22.9 Å². The summed E-state index contributed by atoms with van der Waals surface area (Å²) in [5, 5.41) is 2.80. The van der Waals surface area contributed by atoms with E-state index < -0.39 is 6.10 Å². The highest BCUT2D eigenvalue weighted by atomic mass is 32.2. The number of nitrogens with two attached hydrogens (primary N) is 1. The van der Waals surface area contributed by atoms with Crippen molar-refractivity contribution in [2.45, 2.75) is 13.0 Å². The Kier molecular flexibility index (Phi) is 3.24. The number of nitrogen functional groups attached to an aromatic ring is 1. The molecule has 1 atom stereocenters. The van der Waals surface area contributed by atoms with E-state index in [9.17, 15) is 4.79 Å². The SMILES string of the molecule is CCSCC1Oc2ccc(N)cc2NC1=O.